The van der Waals surface area contributed by atoms with E-state index in [0.717, 1.165) is 42.7 Å². The molecule has 7 heteroatoms. The Morgan fingerprint density at radius 2 is 1.96 bits per heavy atom. The first-order valence-electron chi connectivity index (χ1n) is 10.2. The van der Waals surface area contributed by atoms with Crippen LogP contribution in [0.1, 0.15) is 56.5 Å². The zero-order chi connectivity index (χ0) is 20.2. The molecule has 154 valence electrons. The molecule has 7 nitrogen and oxygen atoms in total. The molecule has 0 fully saturated rings. The van der Waals surface area contributed by atoms with E-state index in [1.54, 1.807) is 13.4 Å². The van der Waals surface area contributed by atoms with Crippen LogP contribution in [0.4, 0.5) is 0 Å². The fourth-order valence-corrected chi connectivity index (χ4v) is 2.90. The third-order valence-electron chi connectivity index (χ3n) is 4.60. The molecule has 2 aromatic rings. The Kier molecular flexibility index (Phi) is 9.31. The predicted molar refractivity (Wildman–Crippen MR) is 114 cm³/mol. The summed E-state index contributed by atoms with van der Waals surface area (Å²) in [6.07, 6.45) is 6.55. The van der Waals surface area contributed by atoms with Gasteiger partial charge >= 0.3 is 0 Å². The molecule has 0 saturated heterocycles. The number of unbranched alkanes of at least 4 members (excludes halogenated alkanes) is 3. The van der Waals surface area contributed by atoms with Gasteiger partial charge in [0.15, 0.2) is 11.8 Å². The minimum Gasteiger partial charge on any atom is -0.493 e. The van der Waals surface area contributed by atoms with Crippen LogP contribution < -0.4 is 15.4 Å². The molecule has 0 amide bonds. The Balaban J connectivity index is 1.88. The third-order valence-corrected chi connectivity index (χ3v) is 4.60. The van der Waals surface area contributed by atoms with Crippen LogP contribution in [0.3, 0.4) is 0 Å². The average molecular weight is 387 g/mol. The minimum atomic E-state index is 0.572. The van der Waals surface area contributed by atoms with Crippen molar-refractivity contribution in [3.05, 3.63) is 41.5 Å². The van der Waals surface area contributed by atoms with Crippen molar-refractivity contribution in [3.8, 4) is 5.75 Å². The first kappa shape index (κ1) is 21.7. The normalized spacial score (nSPS) is 11.5. The first-order chi connectivity index (χ1) is 13.7. The number of aromatic nitrogens is 3. The van der Waals surface area contributed by atoms with Crippen LogP contribution >= 0.6 is 0 Å². The van der Waals surface area contributed by atoms with E-state index in [2.05, 4.69) is 64.8 Å². The summed E-state index contributed by atoms with van der Waals surface area (Å²) in [7, 11) is 1.76. The second-order valence-corrected chi connectivity index (χ2v) is 6.83. The molecule has 1 heterocycles. The molecule has 1 aromatic carbocycles. The van der Waals surface area contributed by atoms with E-state index in [1.807, 2.05) is 4.57 Å². The van der Waals surface area contributed by atoms with Crippen molar-refractivity contribution in [2.45, 2.75) is 66.1 Å². The number of ether oxygens (including phenoxy) is 1. The Hall–Kier alpha value is -2.57. The van der Waals surface area contributed by atoms with Gasteiger partial charge in [0.25, 0.3) is 0 Å². The van der Waals surface area contributed by atoms with Crippen molar-refractivity contribution in [3.63, 3.8) is 0 Å². The molecule has 0 radical (unpaired) electrons. The number of nitrogens with one attached hydrogen (secondary N) is 2. The van der Waals surface area contributed by atoms with Gasteiger partial charge in [0.1, 0.15) is 12.1 Å². The number of hydrogen-bond acceptors (Lipinski definition) is 4. The molecule has 28 heavy (non-hydrogen) atoms. The highest BCUT2D eigenvalue weighted by atomic mass is 16.5. The van der Waals surface area contributed by atoms with E-state index >= 15 is 0 Å². The van der Waals surface area contributed by atoms with Crippen LogP contribution in [0.2, 0.25) is 0 Å². The maximum atomic E-state index is 6.06. The van der Waals surface area contributed by atoms with Crippen molar-refractivity contribution >= 4 is 5.96 Å². The summed E-state index contributed by atoms with van der Waals surface area (Å²) < 4.78 is 8.06. The Bertz CT molecular complexity index is 740. The average Bonchev–Trinajstić information content (AvgIpc) is 3.16. The molecule has 0 bridgehead atoms. The van der Waals surface area contributed by atoms with Crippen LogP contribution in [-0.4, -0.2) is 34.4 Å². The maximum absolute atomic E-state index is 6.06. The van der Waals surface area contributed by atoms with Crippen LogP contribution in [-0.2, 0) is 19.6 Å². The zero-order valence-electron chi connectivity index (χ0n) is 17.7. The molecular weight excluding hydrogens is 352 g/mol. The summed E-state index contributed by atoms with van der Waals surface area (Å²) in [6, 6.07) is 6.34. The number of rotatable bonds is 11. The lowest BCUT2D eigenvalue weighted by Crippen LogP contribution is -2.37. The number of aliphatic imine (C=N–C) groups is 1. The van der Waals surface area contributed by atoms with E-state index in [9.17, 15) is 0 Å². The predicted octanol–water partition coefficient (Wildman–Crippen LogP) is 3.43. The lowest BCUT2D eigenvalue weighted by molar-refractivity contribution is 0.301. The van der Waals surface area contributed by atoms with E-state index in [0.29, 0.717) is 13.1 Å². The second-order valence-electron chi connectivity index (χ2n) is 6.83. The number of guanidine groups is 1. The molecule has 1 aromatic heterocycles. The Morgan fingerprint density at radius 3 is 2.71 bits per heavy atom. The molecule has 2 rings (SSSR count). The summed E-state index contributed by atoms with van der Waals surface area (Å²) in [5.41, 5.74) is 2.33. The molecule has 0 aliphatic carbocycles. The van der Waals surface area contributed by atoms with Gasteiger partial charge in [0.2, 0.25) is 0 Å². The van der Waals surface area contributed by atoms with Gasteiger partial charge in [0.05, 0.1) is 13.2 Å². The zero-order valence-corrected chi connectivity index (χ0v) is 17.7. The molecule has 0 saturated carbocycles. The fourth-order valence-electron chi connectivity index (χ4n) is 2.90. The molecule has 2 N–H and O–H groups in total. The SMILES string of the molecule is CCCCCCOc1cc(C)ccc1CNC(=NC)NCc1nncn1CC. The molecule has 0 atom stereocenters. The van der Waals surface area contributed by atoms with Crippen LogP contribution in [0, 0.1) is 6.92 Å². The molecule has 0 spiro atoms. The van der Waals surface area contributed by atoms with Crippen LogP contribution in [0.5, 0.6) is 5.75 Å². The molecule has 0 aliphatic rings. The smallest absolute Gasteiger partial charge is 0.191 e. The van der Waals surface area contributed by atoms with E-state index in [4.69, 9.17) is 4.74 Å². The van der Waals surface area contributed by atoms with Gasteiger partial charge in [0, 0.05) is 25.7 Å². The van der Waals surface area contributed by atoms with E-state index in [1.165, 1.54) is 24.8 Å². The van der Waals surface area contributed by atoms with Crippen molar-refractivity contribution in [2.75, 3.05) is 13.7 Å². The maximum Gasteiger partial charge on any atom is 0.191 e. The highest BCUT2D eigenvalue weighted by Crippen LogP contribution is 2.21. The standard InChI is InChI=1S/C21H34N6O/c1-5-7-8-9-12-28-19-13-17(3)10-11-18(19)14-23-21(22-4)24-15-20-26-25-16-27(20)6-2/h10-11,13,16H,5-9,12,14-15H2,1-4H3,(H2,22,23,24). The molecule has 0 unspecified atom stereocenters. The lowest BCUT2D eigenvalue weighted by Gasteiger charge is -2.15. The Morgan fingerprint density at radius 1 is 1.14 bits per heavy atom. The topological polar surface area (TPSA) is 76.4 Å². The van der Waals surface area contributed by atoms with Gasteiger partial charge in [-0.05, 0) is 31.9 Å². The lowest BCUT2D eigenvalue weighted by atomic mass is 10.1. The fraction of sp³-hybridized carbons (Fsp3) is 0.571. The number of nitrogens with zero attached hydrogens (tertiary/aromatic N) is 4. The van der Waals surface area contributed by atoms with Crippen molar-refractivity contribution in [2.24, 2.45) is 4.99 Å². The largest absolute Gasteiger partial charge is 0.493 e. The monoisotopic (exact) mass is 386 g/mol. The summed E-state index contributed by atoms with van der Waals surface area (Å²) in [5, 5.41) is 14.7. The van der Waals surface area contributed by atoms with E-state index < -0.39 is 0 Å². The van der Waals surface area contributed by atoms with Crippen LogP contribution in [0.25, 0.3) is 0 Å². The highest BCUT2D eigenvalue weighted by molar-refractivity contribution is 5.79. The quantitative estimate of drug-likeness (QED) is 0.351. The first-order valence-corrected chi connectivity index (χ1v) is 10.2. The summed E-state index contributed by atoms with van der Waals surface area (Å²) in [4.78, 5) is 4.30. The highest BCUT2D eigenvalue weighted by Gasteiger charge is 2.08. The van der Waals surface area contributed by atoms with E-state index in [-0.39, 0.29) is 0 Å². The summed E-state index contributed by atoms with van der Waals surface area (Å²) in [5.74, 6) is 2.56. The van der Waals surface area contributed by atoms with Gasteiger partial charge in [-0.25, -0.2) is 0 Å². The number of hydrogen-bond donors (Lipinski definition) is 2. The van der Waals surface area contributed by atoms with Crippen molar-refractivity contribution < 1.29 is 4.74 Å². The number of aryl methyl sites for hydroxylation is 2. The second kappa shape index (κ2) is 12.0. The summed E-state index contributed by atoms with van der Waals surface area (Å²) >= 11 is 0. The molecule has 0 aliphatic heterocycles. The van der Waals surface area contributed by atoms with Gasteiger partial charge in [-0.1, -0.05) is 38.3 Å². The van der Waals surface area contributed by atoms with Crippen molar-refractivity contribution in [1.82, 2.24) is 25.4 Å². The van der Waals surface area contributed by atoms with Gasteiger partial charge < -0.3 is 19.9 Å². The van der Waals surface area contributed by atoms with Crippen molar-refractivity contribution in [1.29, 1.82) is 0 Å². The van der Waals surface area contributed by atoms with Gasteiger partial charge in [-0.3, -0.25) is 4.99 Å². The molecular formula is C21H34N6O. The van der Waals surface area contributed by atoms with Gasteiger partial charge in [-0.2, -0.15) is 0 Å². The number of benzene rings is 1. The minimum absolute atomic E-state index is 0.572. The third kappa shape index (κ3) is 6.87. The summed E-state index contributed by atoms with van der Waals surface area (Å²) in [6.45, 7) is 9.20. The van der Waals surface area contributed by atoms with Gasteiger partial charge in [-0.15, -0.1) is 10.2 Å². The Labute approximate surface area is 168 Å². The van der Waals surface area contributed by atoms with Crippen LogP contribution in [0.15, 0.2) is 29.5 Å².